The van der Waals surface area contributed by atoms with Crippen molar-refractivity contribution < 1.29 is 0 Å². The summed E-state index contributed by atoms with van der Waals surface area (Å²) in [6, 6.07) is 0.247. The molecule has 0 aliphatic carbocycles. The van der Waals surface area contributed by atoms with Crippen molar-refractivity contribution in [2.45, 2.75) is 25.9 Å². The molecule has 1 fully saturated rings. The molecule has 1 saturated heterocycles. The quantitative estimate of drug-likeness (QED) is 0.687. The first-order valence-corrected chi connectivity index (χ1v) is 5.16. The van der Waals surface area contributed by atoms with Gasteiger partial charge < -0.3 is 16.4 Å². The lowest BCUT2D eigenvalue weighted by atomic mass is 10.3. The van der Waals surface area contributed by atoms with E-state index in [1.54, 1.807) is 0 Å². The molecule has 0 bridgehead atoms. The molecular weight excluding hydrogens is 190 g/mol. The maximum Gasteiger partial charge on any atom is 0.150 e. The van der Waals surface area contributed by atoms with Crippen LogP contribution in [-0.2, 0) is 6.54 Å². The highest BCUT2D eigenvalue weighted by atomic mass is 15.2. The van der Waals surface area contributed by atoms with Gasteiger partial charge in [0.05, 0.1) is 11.4 Å². The van der Waals surface area contributed by atoms with Crippen molar-refractivity contribution in [2.24, 2.45) is 11.5 Å². The first-order valence-electron chi connectivity index (χ1n) is 5.16. The fourth-order valence-electron chi connectivity index (χ4n) is 1.80. The summed E-state index contributed by atoms with van der Waals surface area (Å²) < 4.78 is 0. The average molecular weight is 206 g/mol. The second kappa shape index (κ2) is 4.12. The van der Waals surface area contributed by atoms with Crippen molar-refractivity contribution in [2.75, 3.05) is 18.0 Å². The monoisotopic (exact) mass is 206 g/mol. The summed E-state index contributed by atoms with van der Waals surface area (Å²) in [6.45, 7) is 4.11. The van der Waals surface area contributed by atoms with Crippen LogP contribution in [-0.4, -0.2) is 29.1 Å². The van der Waals surface area contributed by atoms with Crippen LogP contribution in [0.2, 0.25) is 0 Å². The van der Waals surface area contributed by atoms with Gasteiger partial charge in [-0.25, -0.2) is 9.97 Å². The van der Waals surface area contributed by atoms with Crippen molar-refractivity contribution in [3.05, 3.63) is 17.6 Å². The second-order valence-corrected chi connectivity index (χ2v) is 3.89. The number of nitrogens with two attached hydrogens (primary N) is 2. The minimum absolute atomic E-state index is 0.247. The van der Waals surface area contributed by atoms with Gasteiger partial charge in [-0.1, -0.05) is 0 Å². The molecule has 5 heteroatoms. The molecule has 2 heterocycles. The van der Waals surface area contributed by atoms with Crippen LogP contribution in [0.1, 0.15) is 17.8 Å². The van der Waals surface area contributed by atoms with Gasteiger partial charge in [-0.15, -0.1) is 0 Å². The SMILES string of the molecule is Cc1n[c]c(CN)nc1N1CCC(N)C1. The Hall–Kier alpha value is -1.20. The summed E-state index contributed by atoms with van der Waals surface area (Å²) >= 11 is 0. The summed E-state index contributed by atoms with van der Waals surface area (Å²) in [5, 5.41) is 0. The minimum atomic E-state index is 0.247. The van der Waals surface area contributed by atoms with Crippen LogP contribution in [0.3, 0.4) is 0 Å². The standard InChI is InChI=1S/C10H16N5/c1-7-10(14-9(4-11)5-13-7)15-3-2-8(12)6-15/h8H,2-4,6,11-12H2,1H3. The zero-order valence-electron chi connectivity index (χ0n) is 8.90. The molecule has 81 valence electrons. The normalized spacial score (nSPS) is 21.0. The van der Waals surface area contributed by atoms with E-state index >= 15 is 0 Å². The molecule has 0 spiro atoms. The Morgan fingerprint density at radius 3 is 3.00 bits per heavy atom. The van der Waals surface area contributed by atoms with Gasteiger partial charge in [0, 0.05) is 25.7 Å². The topological polar surface area (TPSA) is 81.1 Å². The Kier molecular flexibility index (Phi) is 2.83. The van der Waals surface area contributed by atoms with E-state index in [2.05, 4.69) is 21.1 Å². The van der Waals surface area contributed by atoms with Crippen LogP contribution >= 0.6 is 0 Å². The fraction of sp³-hybridized carbons (Fsp3) is 0.600. The van der Waals surface area contributed by atoms with Crippen molar-refractivity contribution in [3.63, 3.8) is 0 Å². The maximum atomic E-state index is 5.86. The van der Waals surface area contributed by atoms with E-state index in [1.807, 2.05) is 6.92 Å². The molecule has 0 amide bonds. The summed E-state index contributed by atoms with van der Waals surface area (Å²) in [4.78, 5) is 10.8. The Morgan fingerprint density at radius 1 is 1.60 bits per heavy atom. The molecule has 0 saturated carbocycles. The zero-order valence-corrected chi connectivity index (χ0v) is 8.90. The summed E-state index contributed by atoms with van der Waals surface area (Å²) in [7, 11) is 0. The Balaban J connectivity index is 2.26. The predicted octanol–water partition coefficient (Wildman–Crippen LogP) is -0.419. The molecule has 15 heavy (non-hydrogen) atoms. The van der Waals surface area contributed by atoms with Gasteiger partial charge in [-0.2, -0.15) is 0 Å². The Bertz CT molecular complexity index is 352. The average Bonchev–Trinajstić information content (AvgIpc) is 2.65. The number of aromatic nitrogens is 2. The van der Waals surface area contributed by atoms with Crippen LogP contribution < -0.4 is 16.4 Å². The van der Waals surface area contributed by atoms with E-state index in [9.17, 15) is 0 Å². The van der Waals surface area contributed by atoms with Gasteiger partial charge in [0.15, 0.2) is 5.82 Å². The predicted molar refractivity (Wildman–Crippen MR) is 58.3 cm³/mol. The summed E-state index contributed by atoms with van der Waals surface area (Å²) in [5.74, 6) is 0.905. The number of aryl methyl sites for hydroxylation is 1. The van der Waals surface area contributed by atoms with E-state index in [1.165, 1.54) is 0 Å². The van der Waals surface area contributed by atoms with Gasteiger partial charge in [0.2, 0.25) is 0 Å². The van der Waals surface area contributed by atoms with Crippen LogP contribution in [0.25, 0.3) is 0 Å². The molecule has 1 aliphatic rings. The van der Waals surface area contributed by atoms with Gasteiger partial charge in [-0.05, 0) is 13.3 Å². The molecular formula is C10H16N5. The summed E-state index contributed by atoms with van der Waals surface area (Å²) in [6.07, 6.45) is 3.83. The van der Waals surface area contributed by atoms with Gasteiger partial charge in [0.25, 0.3) is 0 Å². The van der Waals surface area contributed by atoms with Gasteiger partial charge in [0.1, 0.15) is 6.20 Å². The zero-order chi connectivity index (χ0) is 10.8. The molecule has 4 N–H and O–H groups in total. The lowest BCUT2D eigenvalue weighted by molar-refractivity contribution is 0.750. The van der Waals surface area contributed by atoms with Crippen molar-refractivity contribution in [3.8, 4) is 0 Å². The van der Waals surface area contributed by atoms with Crippen LogP contribution in [0.5, 0.6) is 0 Å². The number of rotatable bonds is 2. The van der Waals surface area contributed by atoms with E-state index in [4.69, 9.17) is 11.5 Å². The van der Waals surface area contributed by atoms with Gasteiger partial charge >= 0.3 is 0 Å². The molecule has 1 radical (unpaired) electrons. The van der Waals surface area contributed by atoms with E-state index < -0.39 is 0 Å². The molecule has 1 atom stereocenters. The molecule has 1 aromatic heterocycles. The highest BCUT2D eigenvalue weighted by molar-refractivity contribution is 5.44. The Morgan fingerprint density at radius 2 is 2.40 bits per heavy atom. The molecule has 5 nitrogen and oxygen atoms in total. The third kappa shape index (κ3) is 2.08. The van der Waals surface area contributed by atoms with Crippen molar-refractivity contribution >= 4 is 5.82 Å². The second-order valence-electron chi connectivity index (χ2n) is 3.89. The highest BCUT2D eigenvalue weighted by Crippen LogP contribution is 2.19. The van der Waals surface area contributed by atoms with E-state index in [-0.39, 0.29) is 6.04 Å². The lowest BCUT2D eigenvalue weighted by Gasteiger charge is -2.18. The number of anilines is 1. The molecule has 2 rings (SSSR count). The highest BCUT2D eigenvalue weighted by Gasteiger charge is 2.22. The number of nitrogens with zero attached hydrogens (tertiary/aromatic N) is 3. The molecule has 1 aromatic rings. The number of hydrogen-bond acceptors (Lipinski definition) is 5. The third-order valence-corrected chi connectivity index (χ3v) is 2.63. The largest absolute Gasteiger partial charge is 0.353 e. The molecule has 0 aromatic carbocycles. The first-order chi connectivity index (χ1) is 7.20. The molecule has 1 unspecified atom stereocenters. The van der Waals surface area contributed by atoms with Crippen LogP contribution in [0.15, 0.2) is 0 Å². The van der Waals surface area contributed by atoms with Crippen molar-refractivity contribution in [1.82, 2.24) is 9.97 Å². The van der Waals surface area contributed by atoms with E-state index in [0.29, 0.717) is 12.2 Å². The van der Waals surface area contributed by atoms with Crippen LogP contribution in [0, 0.1) is 13.1 Å². The van der Waals surface area contributed by atoms with Crippen LogP contribution in [0.4, 0.5) is 5.82 Å². The first kappa shape index (κ1) is 10.3. The summed E-state index contributed by atoms with van der Waals surface area (Å²) in [5.41, 5.74) is 13.0. The maximum absolute atomic E-state index is 5.86. The van der Waals surface area contributed by atoms with Crippen molar-refractivity contribution in [1.29, 1.82) is 0 Å². The minimum Gasteiger partial charge on any atom is -0.353 e. The van der Waals surface area contributed by atoms with E-state index in [0.717, 1.165) is 31.0 Å². The van der Waals surface area contributed by atoms with Gasteiger partial charge in [-0.3, -0.25) is 0 Å². The third-order valence-electron chi connectivity index (χ3n) is 2.63. The molecule has 1 aliphatic heterocycles. The smallest absolute Gasteiger partial charge is 0.150 e. The number of hydrogen-bond donors (Lipinski definition) is 2. The Labute approximate surface area is 89.5 Å². The fourth-order valence-corrected chi connectivity index (χ4v) is 1.80. The lowest BCUT2D eigenvalue weighted by Crippen LogP contribution is -2.28.